The Kier molecular flexibility index (Phi) is 6.96. The Morgan fingerprint density at radius 3 is 2.89 bits per heavy atom. The molecular formula is C20H28ClN3O3. The van der Waals surface area contributed by atoms with Crippen molar-refractivity contribution in [3.05, 3.63) is 23.2 Å². The lowest BCUT2D eigenvalue weighted by atomic mass is 9.94. The molecule has 0 bridgehead atoms. The fraction of sp³-hybridized carbons (Fsp3) is 0.600. The number of hydrogen-bond acceptors (Lipinski definition) is 4. The first-order chi connectivity index (χ1) is 13.0. The van der Waals surface area contributed by atoms with Crippen LogP contribution in [0.1, 0.15) is 38.5 Å². The Morgan fingerprint density at radius 2 is 2.11 bits per heavy atom. The number of carbonyl (C=O) groups is 2. The van der Waals surface area contributed by atoms with Gasteiger partial charge in [-0.25, -0.2) is 0 Å². The number of anilines is 1. The Morgan fingerprint density at radius 1 is 1.33 bits per heavy atom. The molecule has 1 aromatic rings. The highest BCUT2D eigenvalue weighted by Gasteiger charge is 2.27. The molecule has 1 aliphatic carbocycles. The standard InChI is InChI=1S/C20H28ClN3O3/c1-24(16-5-3-2-4-6-16)10-9-22-19(25)11-14-13-27-18-8-7-15(21)12-17(18)23-20(14)26/h7-8,12,14,16H,2-6,9-11,13H2,1H3,(H,22,25)(H,23,26). The average molecular weight is 394 g/mol. The van der Waals surface area contributed by atoms with Crippen LogP contribution in [0.15, 0.2) is 18.2 Å². The summed E-state index contributed by atoms with van der Waals surface area (Å²) in [6, 6.07) is 5.71. The van der Waals surface area contributed by atoms with Crippen molar-refractivity contribution in [2.75, 3.05) is 32.1 Å². The van der Waals surface area contributed by atoms with Crippen molar-refractivity contribution in [2.24, 2.45) is 5.92 Å². The number of ether oxygens (including phenoxy) is 1. The molecule has 0 spiro atoms. The van der Waals surface area contributed by atoms with Gasteiger partial charge in [-0.05, 0) is 38.1 Å². The van der Waals surface area contributed by atoms with Gasteiger partial charge in [-0.15, -0.1) is 0 Å². The maximum Gasteiger partial charge on any atom is 0.231 e. The lowest BCUT2D eigenvalue weighted by Crippen LogP contribution is -2.40. The quantitative estimate of drug-likeness (QED) is 0.779. The number of rotatable bonds is 6. The number of carbonyl (C=O) groups excluding carboxylic acids is 2. The lowest BCUT2D eigenvalue weighted by molar-refractivity contribution is -0.128. The summed E-state index contributed by atoms with van der Waals surface area (Å²) in [4.78, 5) is 27.0. The van der Waals surface area contributed by atoms with Crippen LogP contribution >= 0.6 is 11.6 Å². The molecule has 0 radical (unpaired) electrons. The van der Waals surface area contributed by atoms with E-state index in [-0.39, 0.29) is 24.8 Å². The molecule has 1 saturated carbocycles. The minimum absolute atomic E-state index is 0.112. The molecule has 1 fully saturated rings. The van der Waals surface area contributed by atoms with E-state index in [4.69, 9.17) is 16.3 Å². The van der Waals surface area contributed by atoms with Crippen molar-refractivity contribution in [3.63, 3.8) is 0 Å². The normalized spacial score (nSPS) is 20.4. The second-order valence-electron chi connectivity index (χ2n) is 7.46. The van der Waals surface area contributed by atoms with Crippen LogP contribution in [-0.2, 0) is 9.59 Å². The number of likely N-dealkylation sites (N-methyl/N-ethyl adjacent to an activating group) is 1. The Labute approximate surface area is 165 Å². The van der Waals surface area contributed by atoms with Gasteiger partial charge >= 0.3 is 0 Å². The fourth-order valence-corrected chi connectivity index (χ4v) is 3.92. The predicted octanol–water partition coefficient (Wildman–Crippen LogP) is 3.06. The van der Waals surface area contributed by atoms with E-state index in [1.807, 2.05) is 0 Å². The summed E-state index contributed by atoms with van der Waals surface area (Å²) in [6.07, 6.45) is 6.53. The average Bonchev–Trinajstić information content (AvgIpc) is 2.81. The maximum atomic E-state index is 12.4. The smallest absolute Gasteiger partial charge is 0.231 e. The zero-order valence-electron chi connectivity index (χ0n) is 15.8. The van der Waals surface area contributed by atoms with Gasteiger partial charge in [0.25, 0.3) is 0 Å². The zero-order valence-corrected chi connectivity index (χ0v) is 16.6. The first-order valence-corrected chi connectivity index (χ1v) is 10.1. The van der Waals surface area contributed by atoms with Crippen LogP contribution in [0.3, 0.4) is 0 Å². The molecule has 1 atom stereocenters. The SMILES string of the molecule is CN(CCNC(=O)CC1COc2ccc(Cl)cc2NC1=O)C1CCCCC1. The summed E-state index contributed by atoms with van der Waals surface area (Å²) in [5, 5.41) is 6.26. The largest absolute Gasteiger partial charge is 0.491 e. The molecule has 1 heterocycles. The fourth-order valence-electron chi connectivity index (χ4n) is 3.75. The van der Waals surface area contributed by atoms with Crippen LogP contribution in [0.25, 0.3) is 0 Å². The third-order valence-corrected chi connectivity index (χ3v) is 5.66. The summed E-state index contributed by atoms with van der Waals surface area (Å²) in [5.41, 5.74) is 0.546. The molecule has 148 valence electrons. The highest BCUT2D eigenvalue weighted by atomic mass is 35.5. The van der Waals surface area contributed by atoms with Crippen LogP contribution in [-0.4, -0.2) is 49.5 Å². The van der Waals surface area contributed by atoms with Gasteiger partial charge in [0.2, 0.25) is 11.8 Å². The molecule has 0 aromatic heterocycles. The van der Waals surface area contributed by atoms with Gasteiger partial charge in [-0.1, -0.05) is 30.9 Å². The zero-order chi connectivity index (χ0) is 19.2. The highest BCUT2D eigenvalue weighted by Crippen LogP contribution is 2.31. The van der Waals surface area contributed by atoms with Crippen LogP contribution < -0.4 is 15.4 Å². The van der Waals surface area contributed by atoms with E-state index >= 15 is 0 Å². The van der Waals surface area contributed by atoms with Crippen molar-refractivity contribution in [3.8, 4) is 5.75 Å². The molecular weight excluding hydrogens is 366 g/mol. The van der Waals surface area contributed by atoms with Gasteiger partial charge in [0.1, 0.15) is 12.4 Å². The topological polar surface area (TPSA) is 70.7 Å². The summed E-state index contributed by atoms with van der Waals surface area (Å²) < 4.78 is 5.68. The second kappa shape index (κ2) is 9.42. The molecule has 2 aliphatic rings. The molecule has 0 saturated heterocycles. The van der Waals surface area contributed by atoms with Crippen LogP contribution in [0.4, 0.5) is 5.69 Å². The van der Waals surface area contributed by atoms with Gasteiger partial charge in [-0.3, -0.25) is 9.59 Å². The van der Waals surface area contributed by atoms with E-state index in [0.717, 1.165) is 6.54 Å². The lowest BCUT2D eigenvalue weighted by Gasteiger charge is -2.31. The van der Waals surface area contributed by atoms with Gasteiger partial charge < -0.3 is 20.3 Å². The Balaban J connectivity index is 1.43. The van der Waals surface area contributed by atoms with E-state index < -0.39 is 5.92 Å². The van der Waals surface area contributed by atoms with Gasteiger partial charge in [0, 0.05) is 30.6 Å². The molecule has 1 aromatic carbocycles. The van der Waals surface area contributed by atoms with Crippen molar-refractivity contribution in [1.29, 1.82) is 0 Å². The first-order valence-electron chi connectivity index (χ1n) is 9.73. The summed E-state index contributed by atoms with van der Waals surface area (Å²) >= 11 is 5.96. The number of halogens is 1. The number of nitrogens with one attached hydrogen (secondary N) is 2. The van der Waals surface area contributed by atoms with Crippen molar-refractivity contribution in [1.82, 2.24) is 10.2 Å². The molecule has 1 aliphatic heterocycles. The summed E-state index contributed by atoms with van der Waals surface area (Å²) in [7, 11) is 2.12. The minimum atomic E-state index is -0.521. The molecule has 2 N–H and O–H groups in total. The van der Waals surface area contributed by atoms with E-state index in [2.05, 4.69) is 22.6 Å². The van der Waals surface area contributed by atoms with Gasteiger partial charge in [0.15, 0.2) is 0 Å². The molecule has 6 nitrogen and oxygen atoms in total. The Bertz CT molecular complexity index is 676. The van der Waals surface area contributed by atoms with Crippen LogP contribution in [0, 0.1) is 5.92 Å². The first kappa shape index (κ1) is 20.0. The third-order valence-electron chi connectivity index (χ3n) is 5.43. The molecule has 27 heavy (non-hydrogen) atoms. The van der Waals surface area contributed by atoms with E-state index in [1.165, 1.54) is 32.1 Å². The van der Waals surface area contributed by atoms with Crippen molar-refractivity contribution < 1.29 is 14.3 Å². The van der Waals surface area contributed by atoms with Crippen molar-refractivity contribution >= 4 is 29.1 Å². The predicted molar refractivity (Wildman–Crippen MR) is 106 cm³/mol. The van der Waals surface area contributed by atoms with E-state index in [1.54, 1.807) is 18.2 Å². The van der Waals surface area contributed by atoms with E-state index in [9.17, 15) is 9.59 Å². The number of benzene rings is 1. The Hall–Kier alpha value is -1.79. The van der Waals surface area contributed by atoms with Gasteiger partial charge in [-0.2, -0.15) is 0 Å². The second-order valence-corrected chi connectivity index (χ2v) is 7.90. The van der Waals surface area contributed by atoms with Crippen LogP contribution in [0.2, 0.25) is 5.02 Å². The monoisotopic (exact) mass is 393 g/mol. The van der Waals surface area contributed by atoms with E-state index in [0.29, 0.717) is 29.0 Å². The summed E-state index contributed by atoms with van der Waals surface area (Å²) in [5.74, 6) is -0.290. The van der Waals surface area contributed by atoms with Crippen molar-refractivity contribution in [2.45, 2.75) is 44.6 Å². The molecule has 2 amide bonds. The third kappa shape index (κ3) is 5.59. The number of amides is 2. The number of nitrogens with zero attached hydrogens (tertiary/aromatic N) is 1. The summed E-state index contributed by atoms with van der Waals surface area (Å²) in [6.45, 7) is 1.60. The highest BCUT2D eigenvalue weighted by molar-refractivity contribution is 6.31. The number of hydrogen-bond donors (Lipinski definition) is 2. The molecule has 1 unspecified atom stereocenters. The van der Waals surface area contributed by atoms with Gasteiger partial charge in [0.05, 0.1) is 11.6 Å². The van der Waals surface area contributed by atoms with Crippen LogP contribution in [0.5, 0.6) is 5.75 Å². The molecule has 3 rings (SSSR count). The molecule has 7 heteroatoms. The maximum absolute atomic E-state index is 12.4. The number of fused-ring (bicyclic) bond motifs is 1. The minimum Gasteiger partial charge on any atom is -0.491 e.